The Morgan fingerprint density at radius 2 is 0.460 bits per heavy atom. The van der Waals surface area contributed by atoms with Crippen molar-refractivity contribution in [2.24, 2.45) is 0 Å². The molecule has 304 valence electrons. The Balaban J connectivity index is 0.000000221. The summed E-state index contributed by atoms with van der Waals surface area (Å²) in [6, 6.07) is 78.1. The Bertz CT molecular complexity index is 2540. The average Bonchev–Trinajstić information content (AvgIpc) is 3.33. The molecule has 0 heterocycles. The second-order valence-corrected chi connectivity index (χ2v) is 19.5. The molecule has 0 bridgehead atoms. The quantitative estimate of drug-likeness (QED) is 0.0616. The highest BCUT2D eigenvalue weighted by Crippen LogP contribution is 2.54. The Kier molecular flexibility index (Phi) is 18.4. The maximum Gasteiger partial charge on any atom is 0.144 e. The third-order valence-electron chi connectivity index (χ3n) is 10.6. The van der Waals surface area contributed by atoms with Gasteiger partial charge in [0.05, 0.1) is 5.41 Å². The van der Waals surface area contributed by atoms with Gasteiger partial charge in [-0.1, -0.05) is 145 Å². The van der Waals surface area contributed by atoms with E-state index in [9.17, 15) is 0 Å². The van der Waals surface area contributed by atoms with Crippen LogP contribution < -0.4 is 33.6 Å². The third-order valence-corrected chi connectivity index (χ3v) is 16.0. The molecule has 0 spiro atoms. The van der Waals surface area contributed by atoms with Gasteiger partial charge in [-0.2, -0.15) is 0 Å². The van der Waals surface area contributed by atoms with Crippen LogP contribution in [0.15, 0.2) is 218 Å². The first-order valence-corrected chi connectivity index (χ1v) is 25.7. The molecule has 0 N–H and O–H groups in total. The van der Waals surface area contributed by atoms with E-state index in [1.807, 2.05) is 0 Å². The molecule has 0 aliphatic carbocycles. The minimum absolute atomic E-state index is 0. The summed E-state index contributed by atoms with van der Waals surface area (Å²) in [4.78, 5) is 0. The van der Waals surface area contributed by atoms with Crippen molar-refractivity contribution in [2.75, 3.05) is 0 Å². The van der Waals surface area contributed by atoms with E-state index in [1.165, 1.54) is 21.2 Å². The van der Waals surface area contributed by atoms with E-state index in [1.54, 1.807) is 0 Å². The van der Waals surface area contributed by atoms with E-state index < -0.39 is 12.7 Å². The Hall–Kier alpha value is -4.36. The van der Waals surface area contributed by atoms with Crippen molar-refractivity contribution in [3.63, 3.8) is 0 Å². The molecular formula is C57H36ClI4P. The molecule has 8 aromatic rings. The molecule has 0 aliphatic rings. The molecule has 0 aromatic heterocycles. The van der Waals surface area contributed by atoms with Crippen molar-refractivity contribution in [3.8, 4) is 39.4 Å². The highest BCUT2D eigenvalue weighted by molar-refractivity contribution is 14.1. The number of halogens is 5. The zero-order valence-electron chi connectivity index (χ0n) is 33.6. The summed E-state index contributed by atoms with van der Waals surface area (Å²) in [6.45, 7) is 0. The van der Waals surface area contributed by atoms with Gasteiger partial charge in [0.2, 0.25) is 0 Å². The summed E-state index contributed by atoms with van der Waals surface area (Å²) in [5.41, 5.74) is 7.98. The van der Waals surface area contributed by atoms with Crippen LogP contribution in [0.3, 0.4) is 0 Å². The third kappa shape index (κ3) is 11.0. The molecule has 8 rings (SSSR count). The van der Waals surface area contributed by atoms with Crippen molar-refractivity contribution in [3.05, 3.63) is 263 Å². The lowest BCUT2D eigenvalue weighted by Crippen LogP contribution is -3.00. The van der Waals surface area contributed by atoms with Crippen molar-refractivity contribution in [1.82, 2.24) is 0 Å². The smallest absolute Gasteiger partial charge is 0.144 e. The topological polar surface area (TPSA) is 0 Å². The van der Waals surface area contributed by atoms with E-state index in [0.717, 1.165) is 44.5 Å². The SMILES string of the molecule is IC#Cc1ccc(C(c2ccc(C#CI)cc2)(c2ccc(C#CI)cc2)c2ccc(C#CI)cc2)cc1.[Cl-].c1ccc([P+](c2ccccc2)(c2ccccc2)c2ccccc2)cc1. The molecule has 63 heavy (non-hydrogen) atoms. The summed E-state index contributed by atoms with van der Waals surface area (Å²) in [6.07, 6.45) is 0. The first-order valence-electron chi connectivity index (χ1n) is 19.6. The van der Waals surface area contributed by atoms with Gasteiger partial charge in [-0.15, -0.1) is 0 Å². The maximum absolute atomic E-state index is 3.16. The van der Waals surface area contributed by atoms with Gasteiger partial charge in [0, 0.05) is 113 Å². The molecular weight excluding hydrogens is 1260 g/mol. The fourth-order valence-electron chi connectivity index (χ4n) is 7.93. The normalized spacial score (nSPS) is 10.2. The van der Waals surface area contributed by atoms with Crippen LogP contribution in [0, 0.1) is 39.4 Å². The van der Waals surface area contributed by atoms with Crippen LogP contribution >= 0.6 is 97.6 Å². The van der Waals surface area contributed by atoms with Gasteiger partial charge in [0.15, 0.2) is 0 Å². The van der Waals surface area contributed by atoms with Crippen molar-refractivity contribution < 1.29 is 12.4 Å². The minimum atomic E-state index is -1.91. The highest BCUT2D eigenvalue weighted by atomic mass is 127. The van der Waals surface area contributed by atoms with Crippen molar-refractivity contribution in [1.29, 1.82) is 0 Å². The van der Waals surface area contributed by atoms with Crippen LogP contribution in [0.4, 0.5) is 0 Å². The molecule has 0 saturated heterocycles. The molecule has 0 fully saturated rings. The fourth-order valence-corrected chi connectivity index (χ4v) is 13.4. The minimum Gasteiger partial charge on any atom is -1.00 e. The first-order chi connectivity index (χ1) is 30.6. The van der Waals surface area contributed by atoms with E-state index in [0.29, 0.717) is 0 Å². The molecule has 0 nitrogen and oxygen atoms in total. The molecule has 0 unspecified atom stereocenters. The fraction of sp³-hybridized carbons (Fsp3) is 0.0175. The van der Waals surface area contributed by atoms with Crippen LogP contribution in [-0.4, -0.2) is 0 Å². The van der Waals surface area contributed by atoms with E-state index in [-0.39, 0.29) is 12.4 Å². The summed E-state index contributed by atoms with van der Waals surface area (Å²) in [5, 5.41) is 5.55. The number of benzene rings is 8. The van der Waals surface area contributed by atoms with Gasteiger partial charge < -0.3 is 12.4 Å². The standard InChI is InChI=1S/C33H16I4.C24H20P.ClH/c34-21-17-25-1-9-29(10-2-25)33(30-11-3-26(4-12-30)18-22-35,31-13-5-27(6-14-31)19-23-36)32-15-7-28(8-16-32)20-24-37;1-5-13-21(14-6-1)25(22-15-7-2-8-16-22,23-17-9-3-10-18-23)24-19-11-4-12-20-24;/h1-16H;1-20H;1H/q;+1;/p-1. The monoisotopic (exact) mass is 1290 g/mol. The van der Waals surface area contributed by atoms with E-state index >= 15 is 0 Å². The number of hydrogen-bond acceptors (Lipinski definition) is 0. The molecule has 8 aromatic carbocycles. The highest BCUT2D eigenvalue weighted by Gasteiger charge is 2.47. The number of hydrogen-bond donors (Lipinski definition) is 0. The molecule has 0 radical (unpaired) electrons. The summed E-state index contributed by atoms with van der Waals surface area (Å²) in [7, 11) is -1.91. The molecule has 6 heteroatoms. The zero-order chi connectivity index (χ0) is 43.0. The van der Waals surface area contributed by atoms with Gasteiger partial charge in [0.25, 0.3) is 0 Å². The molecule has 0 saturated carbocycles. The van der Waals surface area contributed by atoms with Gasteiger partial charge >= 0.3 is 0 Å². The van der Waals surface area contributed by atoms with Crippen LogP contribution in [0.5, 0.6) is 0 Å². The number of rotatable bonds is 8. The molecule has 0 aliphatic heterocycles. The van der Waals surface area contributed by atoms with Crippen LogP contribution in [0.1, 0.15) is 44.5 Å². The Labute approximate surface area is 433 Å². The van der Waals surface area contributed by atoms with Crippen LogP contribution in [0.25, 0.3) is 0 Å². The van der Waals surface area contributed by atoms with Gasteiger partial charge in [0.1, 0.15) is 28.5 Å². The largest absolute Gasteiger partial charge is 1.00 e. The lowest BCUT2D eigenvalue weighted by molar-refractivity contribution is -0.0000111. The van der Waals surface area contributed by atoms with Crippen LogP contribution in [-0.2, 0) is 5.41 Å². The van der Waals surface area contributed by atoms with Crippen LogP contribution in [0.2, 0.25) is 0 Å². The Morgan fingerprint density at radius 3 is 0.635 bits per heavy atom. The second-order valence-electron chi connectivity index (χ2n) is 14.0. The van der Waals surface area contributed by atoms with Gasteiger partial charge in [-0.05, 0) is 135 Å². The molecule has 0 amide bonds. The zero-order valence-corrected chi connectivity index (χ0v) is 43.9. The van der Waals surface area contributed by atoms with Crippen molar-refractivity contribution in [2.45, 2.75) is 5.41 Å². The average molecular weight is 1290 g/mol. The van der Waals surface area contributed by atoms with Gasteiger partial charge in [-0.3, -0.25) is 0 Å². The van der Waals surface area contributed by atoms with Crippen molar-refractivity contribution >= 4 is 119 Å². The van der Waals surface area contributed by atoms with E-state index in [2.05, 4.69) is 348 Å². The summed E-state index contributed by atoms with van der Waals surface area (Å²) in [5.74, 6) is 12.6. The lowest BCUT2D eigenvalue weighted by atomic mass is 9.65. The predicted octanol–water partition coefficient (Wildman–Crippen LogP) is 10.4. The van der Waals surface area contributed by atoms with E-state index in [4.69, 9.17) is 0 Å². The maximum atomic E-state index is 3.16. The lowest BCUT2D eigenvalue weighted by Gasteiger charge is -2.37. The van der Waals surface area contributed by atoms with Gasteiger partial charge in [-0.25, -0.2) is 0 Å². The first kappa shape index (κ1) is 48.1. The molecule has 0 atom stereocenters. The second kappa shape index (κ2) is 24.1. The summed E-state index contributed by atoms with van der Waals surface area (Å²) < 4.78 is 11.9. The predicted molar refractivity (Wildman–Crippen MR) is 300 cm³/mol. The Morgan fingerprint density at radius 1 is 0.270 bits per heavy atom. The summed E-state index contributed by atoms with van der Waals surface area (Å²) >= 11 is 8.31.